The first-order chi connectivity index (χ1) is 66.6. The number of methoxy groups -OCH3 is 15. The maximum absolute atomic E-state index is 13.1. The van der Waals surface area contributed by atoms with Crippen LogP contribution in [0.2, 0.25) is 54.4 Å². The number of nitrogen functional groups attached to an aromatic ring is 1. The molecule has 0 bridgehead atoms. The number of hydrogen-bond donors (Lipinski definition) is 5. The van der Waals surface area contributed by atoms with E-state index < -0.39 is 65.1 Å². The predicted molar refractivity (Wildman–Crippen MR) is 586 cm³/mol. The van der Waals surface area contributed by atoms with Crippen LogP contribution in [-0.4, -0.2) is 191 Å². The van der Waals surface area contributed by atoms with Gasteiger partial charge in [-0.25, -0.2) is 25.3 Å². The number of aliphatic hydroxyl groups is 2. The van der Waals surface area contributed by atoms with Gasteiger partial charge in [-0.3, -0.25) is 13.7 Å². The Morgan fingerprint density at radius 3 is 0.872 bits per heavy atom. The fourth-order valence-electron chi connectivity index (χ4n) is 12.4. The van der Waals surface area contributed by atoms with E-state index in [2.05, 4.69) is 127 Å². The average molecular weight is 2220 g/mol. The number of rotatable bonds is 35. The summed E-state index contributed by atoms with van der Waals surface area (Å²) in [6.45, 7) is 35.9. The van der Waals surface area contributed by atoms with Crippen LogP contribution < -0.4 is 105 Å². The molecule has 46 heteroatoms. The topological polar surface area (TPSA) is 477 Å². The van der Waals surface area contributed by atoms with Crippen molar-refractivity contribution >= 4 is 126 Å². The summed E-state index contributed by atoms with van der Waals surface area (Å²) in [6, 6.07) is 39.4. The molecule has 9 aromatic carbocycles. The van der Waals surface area contributed by atoms with E-state index in [1.165, 1.54) is 83.2 Å². The number of benzene rings is 9. The number of aliphatic hydroxyl groups excluding tert-OH is 2. The van der Waals surface area contributed by atoms with E-state index in [-0.39, 0.29) is 162 Å². The number of aromatic nitrogens is 3. The van der Waals surface area contributed by atoms with Crippen molar-refractivity contribution in [2.45, 2.75) is 220 Å². The van der Waals surface area contributed by atoms with Crippen LogP contribution in [-0.2, 0) is 92.9 Å². The molecule has 822 valence electrons. The van der Waals surface area contributed by atoms with E-state index in [1.54, 1.807) is 133 Å². The van der Waals surface area contributed by atoms with E-state index in [0.29, 0.717) is 93.9 Å². The molecule has 0 spiro atoms. The number of halogens is 1. The number of nitrogens with zero attached hydrogens (tertiary/aromatic N) is 3. The number of fused-ring (bicyclic) bond motifs is 3. The Kier molecular flexibility index (Phi) is 55.8. The third kappa shape index (κ3) is 36.2. The van der Waals surface area contributed by atoms with Crippen molar-refractivity contribution in [3.05, 3.63) is 173 Å². The molecule has 3 aromatic heterocycles. The van der Waals surface area contributed by atoms with E-state index in [9.17, 15) is 39.1 Å². The van der Waals surface area contributed by atoms with Crippen LogP contribution >= 0.6 is 10.7 Å². The van der Waals surface area contributed by atoms with Crippen LogP contribution in [0.3, 0.4) is 0 Å². The van der Waals surface area contributed by atoms with Crippen LogP contribution in [0, 0.1) is 0 Å². The summed E-state index contributed by atoms with van der Waals surface area (Å²) in [6.07, 6.45) is 0.700. The van der Waals surface area contributed by atoms with E-state index in [4.69, 9.17) is 119 Å². The van der Waals surface area contributed by atoms with Gasteiger partial charge in [-0.15, -0.1) is 0 Å². The number of nitrogens with one attached hydrogen (secondary N) is 2. The summed E-state index contributed by atoms with van der Waals surface area (Å²) in [5.74, 6) is 6.08. The molecule has 0 aliphatic carbocycles. The summed E-state index contributed by atoms with van der Waals surface area (Å²) in [5, 5.41) is 31.4. The van der Waals surface area contributed by atoms with Gasteiger partial charge in [-0.2, -0.15) is 0 Å². The third-order valence-electron chi connectivity index (χ3n) is 23.4. The Morgan fingerprint density at radius 2 is 0.608 bits per heavy atom. The molecule has 3 heterocycles. The first kappa shape index (κ1) is 137. The van der Waals surface area contributed by atoms with Crippen molar-refractivity contribution in [1.82, 2.24) is 15.5 Å². The fourth-order valence-corrected chi connectivity index (χ4v) is 19.7. The second-order valence-corrected chi connectivity index (χ2v) is 56.6. The van der Waals surface area contributed by atoms with Crippen LogP contribution in [0.1, 0.15) is 140 Å². The molecule has 0 saturated carbocycles. The monoisotopic (exact) mass is 2210 g/mol. The Balaban J connectivity index is 0.00000172. The van der Waals surface area contributed by atoms with Crippen molar-refractivity contribution in [1.29, 1.82) is 0 Å². The quantitative estimate of drug-likeness (QED) is 0.0140. The van der Waals surface area contributed by atoms with Crippen molar-refractivity contribution in [3.8, 4) is 86.2 Å². The van der Waals surface area contributed by atoms with Crippen LogP contribution in [0.5, 0.6) is 86.2 Å². The second-order valence-electron chi connectivity index (χ2n) is 35.6. The van der Waals surface area contributed by atoms with Crippen molar-refractivity contribution < 1.29 is 161 Å². The molecule has 37 nitrogen and oxygen atoms in total. The fraction of sp³-hybridized carbons (Fsp3) is 0.441. The van der Waals surface area contributed by atoms with Gasteiger partial charge in [-0.05, 0) is 214 Å². The van der Waals surface area contributed by atoms with Gasteiger partial charge in [0.05, 0.1) is 140 Å². The smallest absolute Gasteiger partial charge is 0.768 e. The minimum Gasteiger partial charge on any atom is -0.768 e. The summed E-state index contributed by atoms with van der Waals surface area (Å²) in [4.78, 5) is -0.479. The Hall–Kier alpha value is -10.9. The number of sulfonamides is 2. The SMILES string of the molecule is C.C.C.C.C.CCc1cc(OC)c(S(=O)(=O)Nc2noc3cccc(OC)c23)c(OC)c1.COc1cc(CO)cc(OC)c1.COc1cc(CO)cc(OC)c1S(=O)(=O)Nc1noc2cccc(OC)c12.COc1cc(CO[Si](C)(C)C(C)(C)C)cc(OC)c1.COc1cc(CO[Si](C)(C)C(C)(C)C)cc(OC)c1S(=O)(=O)Cl.COc1cc(CO[Si](C)(C)C(C)(C)C)cc(OC)c1S(=O)[O-].COc1cccc2onc(N)c12.[Li+]. The summed E-state index contributed by atoms with van der Waals surface area (Å²) >= 11 is -2.43. The maximum atomic E-state index is 13.1. The van der Waals surface area contributed by atoms with Crippen molar-refractivity contribution in [2.75, 3.05) is 122 Å². The van der Waals surface area contributed by atoms with Gasteiger partial charge in [0, 0.05) is 22.8 Å². The van der Waals surface area contributed by atoms with Crippen molar-refractivity contribution in [2.24, 2.45) is 0 Å². The van der Waals surface area contributed by atoms with Gasteiger partial charge in [0.15, 0.2) is 73.8 Å². The normalized spacial score (nSPS) is 11.5. The zero-order chi connectivity index (χ0) is 107. The van der Waals surface area contributed by atoms with Gasteiger partial charge >= 0.3 is 18.9 Å². The molecule has 148 heavy (non-hydrogen) atoms. The average Bonchev–Trinajstić information content (AvgIpc) is 1.41. The minimum atomic E-state index is -4.17. The van der Waals surface area contributed by atoms with Gasteiger partial charge in [-0.1, -0.05) is 140 Å². The molecule has 12 aromatic rings. The number of aryl methyl sites for hydroxylation is 1. The number of ether oxygens (including phenoxy) is 15. The van der Waals surface area contributed by atoms with Crippen molar-refractivity contribution in [3.63, 3.8) is 0 Å². The maximum Gasteiger partial charge on any atom is 1.00 e. The van der Waals surface area contributed by atoms with Gasteiger partial charge < -0.3 is 118 Å². The molecule has 0 amide bonds. The zero-order valence-corrected chi connectivity index (χ0v) is 94.2. The molecule has 1 atom stereocenters. The van der Waals surface area contributed by atoms with Gasteiger partial charge in [0.1, 0.15) is 107 Å². The Morgan fingerprint density at radius 1 is 0.365 bits per heavy atom. The molecule has 12 rings (SSSR count). The molecule has 1 unspecified atom stereocenters. The first-order valence-electron chi connectivity index (χ1n) is 43.8. The molecule has 0 fully saturated rings. The molecular formula is C102H154ClLiN6O31S4Si3. The summed E-state index contributed by atoms with van der Waals surface area (Å²) < 4.78 is 215. The molecule has 0 aliphatic heterocycles. The van der Waals surface area contributed by atoms with Crippen LogP contribution in [0.25, 0.3) is 32.9 Å². The summed E-state index contributed by atoms with van der Waals surface area (Å²) in [5.41, 5.74) is 11.8. The largest absolute Gasteiger partial charge is 1.00 e. The number of nitrogens with two attached hydrogens (primary N) is 1. The van der Waals surface area contributed by atoms with Gasteiger partial charge in [0.2, 0.25) is 0 Å². The molecule has 6 N–H and O–H groups in total. The third-order valence-corrected chi connectivity index (χ3v) is 41.7. The summed E-state index contributed by atoms with van der Waals surface area (Å²) in [7, 11) is 9.81. The Labute approximate surface area is 897 Å². The molecule has 0 saturated heterocycles. The molecular weight excluding hydrogens is 2060 g/mol. The van der Waals surface area contributed by atoms with Crippen LogP contribution in [0.4, 0.5) is 17.5 Å². The van der Waals surface area contributed by atoms with E-state index >= 15 is 0 Å². The second kappa shape index (κ2) is 60.2. The zero-order valence-electron chi connectivity index (χ0n) is 87.2. The molecule has 0 aliphatic rings. The number of anilines is 3. The van der Waals surface area contributed by atoms with Gasteiger partial charge in [0.25, 0.3) is 29.1 Å². The van der Waals surface area contributed by atoms with E-state index in [1.807, 2.05) is 37.3 Å². The number of hydrogen-bond acceptors (Lipinski definition) is 35. The minimum absolute atomic E-state index is 0. The molecule has 0 radical (unpaired) electrons. The predicted octanol–water partition coefficient (Wildman–Crippen LogP) is 20.0. The van der Waals surface area contributed by atoms with E-state index in [0.717, 1.165) is 44.7 Å². The van der Waals surface area contributed by atoms with Crippen LogP contribution in [0.15, 0.2) is 173 Å². The Bertz CT molecular complexity index is 6240. The standard InChI is InChI=1S/C18H20N2O6S.C17H18N2O7S.C15H25ClO5SSi.C15H26O5SSi.C15H26O3Si.C9H12O3.C8H8N2O2.5CH4.Li/c1-5-11-9-14(24-3)17(15(10-11)25-4)27(21,22)20-18-16-12(23-2)7-6-8-13(16)26-19-18;1-23-11-5-4-6-12-15(11)17(18-26-12)19-27(21,22)16-13(24-2)7-10(9-20)8-14(16)25-3;1-15(2,3)23(6,7)21-10-11-8-12(19-4)14(22(16,17)18)13(9-11)20-5;1-15(2,3)22(6,7)20-10-11-8-12(18-4)14(21(16)17)13(9-11)19-5;1-15(2,3)19(6,7)18-11-12-8-13(16-4)10-14(9-12)17-5;1-11-8-3-7(6-10)4-9(5-8)12-2;1-11-5-3-2-4-6-7(5)8(9)10-12-6;;;;;;/h6-10H,5H2,1-4H3,(H,19,20);4-8,20H,9H2,1-3H3,(H,18,19);8-9H,10H2,1-7H3;8-9H,10H2,1-7H3,(H,16,17);8-10H,11H2,1-7H3;3-5,10H,6H2,1-2H3;2-4H,1H3,(H2,9,10);5*1H4;/q;;;;;;;;;;;;+1/p-1. The first-order valence-corrected chi connectivity index (χ1v) is 58.8.